The maximum atomic E-state index is 12.0. The van der Waals surface area contributed by atoms with E-state index in [1.807, 2.05) is 29.1 Å². The molecule has 9 nitrogen and oxygen atoms in total. The van der Waals surface area contributed by atoms with Crippen LogP contribution >= 0.6 is 11.6 Å². The number of rotatable bonds is 5. The molecule has 2 aliphatic heterocycles. The molecule has 10 heteroatoms. The zero-order valence-electron chi connectivity index (χ0n) is 17.8. The van der Waals surface area contributed by atoms with Crippen molar-refractivity contribution in [1.29, 1.82) is 5.26 Å². The van der Waals surface area contributed by atoms with E-state index in [4.69, 9.17) is 16.9 Å². The van der Waals surface area contributed by atoms with Crippen molar-refractivity contribution >= 4 is 29.3 Å². The maximum Gasteiger partial charge on any atom is 0.236 e. The van der Waals surface area contributed by atoms with Gasteiger partial charge in [0.1, 0.15) is 17.3 Å². The number of nitrogens with zero attached hydrogens (tertiary/aromatic N) is 5. The van der Waals surface area contributed by atoms with E-state index in [2.05, 4.69) is 25.9 Å². The lowest BCUT2D eigenvalue weighted by Crippen LogP contribution is -2.45. The average molecular weight is 445 g/mol. The van der Waals surface area contributed by atoms with Gasteiger partial charge in [-0.3, -0.25) is 4.79 Å². The van der Waals surface area contributed by atoms with Crippen LogP contribution in [-0.2, 0) is 4.79 Å². The van der Waals surface area contributed by atoms with Gasteiger partial charge in [-0.25, -0.2) is 4.98 Å². The minimum Gasteiger partial charge on any atom is -0.366 e. The fourth-order valence-corrected chi connectivity index (χ4v) is 4.87. The van der Waals surface area contributed by atoms with Crippen LogP contribution in [0.25, 0.3) is 0 Å². The number of piperidine rings is 1. The Morgan fingerprint density at radius 3 is 2.74 bits per heavy atom. The van der Waals surface area contributed by atoms with Crippen LogP contribution in [0.3, 0.4) is 0 Å². The first-order valence-electron chi connectivity index (χ1n) is 10.8. The predicted molar refractivity (Wildman–Crippen MR) is 119 cm³/mol. The van der Waals surface area contributed by atoms with E-state index in [1.54, 1.807) is 6.20 Å². The molecule has 1 spiro atoms. The number of halogens is 1. The van der Waals surface area contributed by atoms with Crippen molar-refractivity contribution in [3.05, 3.63) is 23.2 Å². The highest BCUT2D eigenvalue weighted by Crippen LogP contribution is 2.45. The summed E-state index contributed by atoms with van der Waals surface area (Å²) in [5.41, 5.74) is 0.316. The highest BCUT2D eigenvalue weighted by atomic mass is 35.5. The van der Waals surface area contributed by atoms with Gasteiger partial charge in [0.15, 0.2) is 5.82 Å². The SMILES string of the molecule is CN1C=C(Nc2ncc(Cl)c(NC3CCC4(CC3)CCN(C(=O)CC#N)CC4)n2)NC1. The first kappa shape index (κ1) is 21.5. The molecule has 1 aromatic heterocycles. The molecule has 0 radical (unpaired) electrons. The van der Waals surface area contributed by atoms with Crippen molar-refractivity contribution in [3.8, 4) is 6.07 Å². The Bertz CT molecular complexity index is 880. The number of carbonyl (C=O) groups is 1. The second-order valence-corrected chi connectivity index (χ2v) is 9.19. The van der Waals surface area contributed by atoms with Gasteiger partial charge in [0, 0.05) is 32.4 Å². The fourth-order valence-electron chi connectivity index (χ4n) is 4.72. The maximum absolute atomic E-state index is 12.0. The molecule has 31 heavy (non-hydrogen) atoms. The normalized spacial score (nSPS) is 20.7. The molecule has 166 valence electrons. The van der Waals surface area contributed by atoms with Crippen molar-refractivity contribution in [2.24, 2.45) is 5.41 Å². The lowest BCUT2D eigenvalue weighted by molar-refractivity contribution is -0.132. The van der Waals surface area contributed by atoms with E-state index < -0.39 is 0 Å². The van der Waals surface area contributed by atoms with Gasteiger partial charge < -0.3 is 25.8 Å². The van der Waals surface area contributed by atoms with Crippen molar-refractivity contribution in [2.45, 2.75) is 51.0 Å². The highest BCUT2D eigenvalue weighted by Gasteiger charge is 2.39. The fraction of sp³-hybridized carbons (Fsp3) is 0.619. The molecule has 4 rings (SSSR count). The second-order valence-electron chi connectivity index (χ2n) is 8.78. The topological polar surface area (TPSA) is 109 Å². The van der Waals surface area contributed by atoms with Gasteiger partial charge in [0.25, 0.3) is 0 Å². The zero-order chi connectivity index (χ0) is 21.8. The molecular formula is C21H29ClN8O. The molecule has 1 amide bonds. The van der Waals surface area contributed by atoms with Gasteiger partial charge >= 0.3 is 0 Å². The first-order valence-corrected chi connectivity index (χ1v) is 11.2. The average Bonchev–Trinajstić information content (AvgIpc) is 3.17. The molecule has 0 aromatic carbocycles. The summed E-state index contributed by atoms with van der Waals surface area (Å²) in [6.45, 7) is 2.28. The van der Waals surface area contributed by atoms with Crippen LogP contribution in [0.4, 0.5) is 11.8 Å². The van der Waals surface area contributed by atoms with E-state index in [0.29, 0.717) is 28.2 Å². The van der Waals surface area contributed by atoms with E-state index >= 15 is 0 Å². The molecule has 2 fully saturated rings. The van der Waals surface area contributed by atoms with Crippen LogP contribution in [0.5, 0.6) is 0 Å². The number of carbonyl (C=O) groups excluding carboxylic acids is 1. The Labute approximate surface area is 187 Å². The summed E-state index contributed by atoms with van der Waals surface area (Å²) < 4.78 is 0. The number of hydrogen-bond donors (Lipinski definition) is 3. The predicted octanol–water partition coefficient (Wildman–Crippen LogP) is 2.71. The molecule has 0 unspecified atom stereocenters. The zero-order valence-corrected chi connectivity index (χ0v) is 18.6. The number of anilines is 2. The second kappa shape index (κ2) is 9.18. The van der Waals surface area contributed by atoms with Crippen LogP contribution in [0.15, 0.2) is 18.2 Å². The Morgan fingerprint density at radius 2 is 2.10 bits per heavy atom. The standard InChI is InChI=1S/C21H29ClN8O/c1-29-13-17(25-14-29)27-20-24-12-16(22)19(28-20)26-15-2-5-21(6-3-15)7-10-30(11-8-21)18(31)4-9-23/h12-13,15,25H,2-8,10-11,14H2,1H3,(H2,24,26,27,28). The lowest BCUT2D eigenvalue weighted by atomic mass is 9.67. The molecule has 0 bridgehead atoms. The molecule has 3 aliphatic rings. The summed E-state index contributed by atoms with van der Waals surface area (Å²) in [7, 11) is 1.99. The largest absolute Gasteiger partial charge is 0.366 e. The van der Waals surface area contributed by atoms with Crippen LogP contribution in [0, 0.1) is 16.7 Å². The number of nitriles is 1. The number of nitrogens with one attached hydrogen (secondary N) is 3. The van der Waals surface area contributed by atoms with Crippen LogP contribution in [0.2, 0.25) is 5.02 Å². The Balaban J connectivity index is 1.30. The van der Waals surface area contributed by atoms with Crippen LogP contribution in [0.1, 0.15) is 44.9 Å². The molecule has 1 saturated carbocycles. The van der Waals surface area contributed by atoms with Gasteiger partial charge in [0.2, 0.25) is 11.9 Å². The van der Waals surface area contributed by atoms with E-state index in [1.165, 1.54) is 0 Å². The van der Waals surface area contributed by atoms with Crippen LogP contribution in [-0.4, -0.2) is 58.5 Å². The molecular weight excluding hydrogens is 416 g/mol. The van der Waals surface area contributed by atoms with Gasteiger partial charge in [0.05, 0.1) is 18.9 Å². The van der Waals surface area contributed by atoms with E-state index in [-0.39, 0.29) is 12.3 Å². The molecule has 3 N–H and O–H groups in total. The molecule has 3 heterocycles. The summed E-state index contributed by atoms with van der Waals surface area (Å²) in [5, 5.41) is 19.2. The smallest absolute Gasteiger partial charge is 0.236 e. The van der Waals surface area contributed by atoms with Crippen LogP contribution < -0.4 is 16.0 Å². The number of aromatic nitrogens is 2. The highest BCUT2D eigenvalue weighted by molar-refractivity contribution is 6.32. The third-order valence-corrected chi connectivity index (χ3v) is 6.93. The summed E-state index contributed by atoms with van der Waals surface area (Å²) in [4.78, 5) is 24.7. The van der Waals surface area contributed by atoms with Gasteiger partial charge in [-0.15, -0.1) is 0 Å². The number of amides is 1. The third-order valence-electron chi connectivity index (χ3n) is 6.65. The summed E-state index contributed by atoms with van der Waals surface area (Å²) in [5.74, 6) is 1.98. The summed E-state index contributed by atoms with van der Waals surface area (Å²) in [6.07, 6.45) is 9.97. The van der Waals surface area contributed by atoms with Crippen molar-refractivity contribution in [3.63, 3.8) is 0 Å². The number of hydrogen-bond acceptors (Lipinski definition) is 8. The third kappa shape index (κ3) is 5.13. The van der Waals surface area contributed by atoms with Gasteiger partial charge in [-0.2, -0.15) is 10.2 Å². The summed E-state index contributed by atoms with van der Waals surface area (Å²) >= 11 is 6.35. The van der Waals surface area contributed by atoms with Crippen molar-refractivity contribution in [2.75, 3.05) is 37.4 Å². The lowest BCUT2D eigenvalue weighted by Gasteiger charge is -2.46. The molecule has 1 aromatic rings. The Morgan fingerprint density at radius 1 is 1.35 bits per heavy atom. The Hall–Kier alpha value is -2.73. The molecule has 0 atom stereocenters. The van der Waals surface area contributed by atoms with Crippen molar-refractivity contribution < 1.29 is 4.79 Å². The molecule has 1 saturated heterocycles. The summed E-state index contributed by atoms with van der Waals surface area (Å²) in [6, 6.07) is 2.28. The van der Waals surface area contributed by atoms with E-state index in [0.717, 1.165) is 64.1 Å². The van der Waals surface area contributed by atoms with Gasteiger partial charge in [-0.1, -0.05) is 11.6 Å². The monoisotopic (exact) mass is 444 g/mol. The van der Waals surface area contributed by atoms with Gasteiger partial charge in [-0.05, 0) is 43.9 Å². The molecule has 1 aliphatic carbocycles. The minimum absolute atomic E-state index is 0.0143. The Kier molecular flexibility index (Phi) is 6.37. The van der Waals surface area contributed by atoms with E-state index in [9.17, 15) is 4.79 Å². The quantitative estimate of drug-likeness (QED) is 0.636. The number of likely N-dealkylation sites (tertiary alicyclic amines) is 1. The van der Waals surface area contributed by atoms with Crippen molar-refractivity contribution in [1.82, 2.24) is 25.1 Å². The first-order chi connectivity index (χ1) is 15.0. The minimum atomic E-state index is -0.0364.